The first-order chi connectivity index (χ1) is 14.7. The Morgan fingerprint density at radius 3 is 2.07 bits per heavy atom. The van der Waals surface area contributed by atoms with E-state index in [0.29, 0.717) is 0 Å². The van der Waals surface area contributed by atoms with Gasteiger partial charge in [0.15, 0.2) is 0 Å². The van der Waals surface area contributed by atoms with E-state index in [0.717, 1.165) is 21.5 Å². The molecule has 0 amide bonds. The highest BCUT2D eigenvalue weighted by Gasteiger charge is 2.13. The van der Waals surface area contributed by atoms with Gasteiger partial charge in [-0.25, -0.2) is 0 Å². The van der Waals surface area contributed by atoms with E-state index < -0.39 is 0 Å². The normalized spacial score (nSPS) is 11.3. The predicted octanol–water partition coefficient (Wildman–Crippen LogP) is 8.66. The molecule has 0 bridgehead atoms. The van der Waals surface area contributed by atoms with Crippen molar-refractivity contribution in [2.45, 2.75) is 0 Å². The van der Waals surface area contributed by atoms with Gasteiger partial charge in [0, 0.05) is 21.5 Å². The zero-order chi connectivity index (χ0) is 20.9. The van der Waals surface area contributed by atoms with Crippen molar-refractivity contribution in [1.29, 1.82) is 0 Å². The van der Waals surface area contributed by atoms with Crippen LogP contribution in [0.25, 0.3) is 21.9 Å². The van der Waals surface area contributed by atoms with Crippen LogP contribution in [-0.2, 0) is 0 Å². The summed E-state index contributed by atoms with van der Waals surface area (Å²) in [6, 6.07) is 31.8. The van der Waals surface area contributed by atoms with Crippen LogP contribution in [0.4, 0.5) is 11.4 Å². The molecule has 0 atom stereocenters. The molecule has 4 aromatic rings. The quantitative estimate of drug-likeness (QED) is 0.265. The second-order valence-corrected chi connectivity index (χ2v) is 7.87. The highest BCUT2D eigenvalue weighted by Crippen LogP contribution is 2.34. The molecule has 0 aliphatic carbocycles. The van der Waals surface area contributed by atoms with Gasteiger partial charge in [-0.1, -0.05) is 89.8 Å². The first-order valence-electron chi connectivity index (χ1n) is 9.80. The van der Waals surface area contributed by atoms with Crippen LogP contribution in [0.2, 0.25) is 0 Å². The molecular formula is C28H22BrN. The van der Waals surface area contributed by atoms with Crippen LogP contribution >= 0.6 is 15.9 Å². The van der Waals surface area contributed by atoms with Gasteiger partial charge in [-0.3, -0.25) is 0 Å². The summed E-state index contributed by atoms with van der Waals surface area (Å²) < 4.78 is 1.07. The molecule has 4 rings (SSSR count). The monoisotopic (exact) mass is 451 g/mol. The van der Waals surface area contributed by atoms with Gasteiger partial charge in [-0.15, -0.1) is 0 Å². The molecular weight excluding hydrogens is 430 g/mol. The van der Waals surface area contributed by atoms with Gasteiger partial charge in [0.05, 0.1) is 0 Å². The summed E-state index contributed by atoms with van der Waals surface area (Å²) in [5.74, 6) is 0. The van der Waals surface area contributed by atoms with Crippen molar-refractivity contribution in [2.24, 2.45) is 0 Å². The van der Waals surface area contributed by atoms with Crippen LogP contribution in [0, 0.1) is 0 Å². The minimum atomic E-state index is 0.965. The van der Waals surface area contributed by atoms with E-state index in [4.69, 9.17) is 0 Å². The Morgan fingerprint density at radius 1 is 0.700 bits per heavy atom. The fourth-order valence-electron chi connectivity index (χ4n) is 3.58. The summed E-state index contributed by atoms with van der Waals surface area (Å²) in [5.41, 5.74) is 5.50. The van der Waals surface area contributed by atoms with Gasteiger partial charge in [-0.2, -0.15) is 0 Å². The smallest absolute Gasteiger partial charge is 0.0468 e. The van der Waals surface area contributed by atoms with Gasteiger partial charge in [-0.05, 0) is 70.4 Å². The fourth-order valence-corrected chi connectivity index (χ4v) is 3.96. The van der Waals surface area contributed by atoms with E-state index in [1.165, 1.54) is 21.9 Å². The Morgan fingerprint density at radius 2 is 1.37 bits per heavy atom. The lowest BCUT2D eigenvalue weighted by Gasteiger charge is -2.26. The lowest BCUT2D eigenvalue weighted by molar-refractivity contribution is 1.21. The maximum atomic E-state index is 4.03. The number of hydrogen-bond donors (Lipinski definition) is 0. The van der Waals surface area contributed by atoms with Crippen LogP contribution in [0.15, 0.2) is 133 Å². The Balaban J connectivity index is 1.82. The topological polar surface area (TPSA) is 3.24 Å². The maximum Gasteiger partial charge on any atom is 0.0468 e. The number of allylic oxidation sites excluding steroid dienone is 3. The predicted molar refractivity (Wildman–Crippen MR) is 134 cm³/mol. The summed E-state index contributed by atoms with van der Waals surface area (Å²) in [7, 11) is 0. The van der Waals surface area contributed by atoms with E-state index >= 15 is 0 Å². The molecule has 0 saturated heterocycles. The van der Waals surface area contributed by atoms with Crippen molar-refractivity contribution >= 4 is 38.1 Å². The molecule has 30 heavy (non-hydrogen) atoms. The van der Waals surface area contributed by atoms with E-state index in [9.17, 15) is 0 Å². The number of fused-ring (bicyclic) bond motifs is 1. The molecule has 0 N–H and O–H groups in total. The Hall–Kier alpha value is -3.36. The van der Waals surface area contributed by atoms with Gasteiger partial charge < -0.3 is 4.90 Å². The summed E-state index contributed by atoms with van der Waals surface area (Å²) in [5, 5.41) is 2.38. The van der Waals surface area contributed by atoms with E-state index in [-0.39, 0.29) is 0 Å². The van der Waals surface area contributed by atoms with Crippen LogP contribution in [0.1, 0.15) is 0 Å². The fraction of sp³-hybridized carbons (Fsp3) is 0. The number of hydrogen-bond acceptors (Lipinski definition) is 1. The molecule has 0 fully saturated rings. The van der Waals surface area contributed by atoms with Crippen molar-refractivity contribution in [3.63, 3.8) is 0 Å². The summed E-state index contributed by atoms with van der Waals surface area (Å²) in [6.45, 7) is 7.90. The van der Waals surface area contributed by atoms with Crippen molar-refractivity contribution in [2.75, 3.05) is 4.90 Å². The van der Waals surface area contributed by atoms with Gasteiger partial charge >= 0.3 is 0 Å². The van der Waals surface area contributed by atoms with Gasteiger partial charge in [0.25, 0.3) is 0 Å². The Kier molecular flexibility index (Phi) is 5.97. The molecule has 4 aromatic carbocycles. The third-order valence-electron chi connectivity index (χ3n) is 5.03. The molecule has 0 spiro atoms. The average molecular weight is 452 g/mol. The molecule has 0 unspecified atom stereocenters. The first kappa shape index (κ1) is 19.9. The largest absolute Gasteiger partial charge is 0.311 e. The highest BCUT2D eigenvalue weighted by atomic mass is 79.9. The van der Waals surface area contributed by atoms with Crippen molar-refractivity contribution in [3.05, 3.63) is 133 Å². The zero-order valence-electron chi connectivity index (χ0n) is 16.6. The maximum absolute atomic E-state index is 4.03. The lowest BCUT2D eigenvalue weighted by Crippen LogP contribution is -2.14. The van der Waals surface area contributed by atoms with Crippen molar-refractivity contribution < 1.29 is 0 Å². The van der Waals surface area contributed by atoms with Crippen molar-refractivity contribution in [1.82, 2.24) is 0 Å². The van der Waals surface area contributed by atoms with Crippen LogP contribution in [-0.4, -0.2) is 0 Å². The molecule has 0 aromatic heterocycles. The number of rotatable bonds is 6. The molecule has 1 nitrogen and oxygen atoms in total. The second-order valence-electron chi connectivity index (χ2n) is 6.96. The summed E-state index contributed by atoms with van der Waals surface area (Å²) >= 11 is 3.58. The van der Waals surface area contributed by atoms with E-state index in [1.807, 2.05) is 18.2 Å². The van der Waals surface area contributed by atoms with E-state index in [2.05, 4.69) is 119 Å². The third-order valence-corrected chi connectivity index (χ3v) is 5.53. The summed E-state index contributed by atoms with van der Waals surface area (Å²) in [6.07, 6.45) is 5.63. The van der Waals surface area contributed by atoms with Crippen LogP contribution in [0.3, 0.4) is 0 Å². The first-order valence-corrected chi connectivity index (χ1v) is 10.6. The standard InChI is InChI=1S/C28H22BrN/c1-3-8-26(4-2)30(28-18-14-23-11-15-25(29)19-24(23)20-28)27-16-12-22(13-17-27)21-9-6-5-7-10-21/h3-20H,1-2H2/b26-8+. The number of halogens is 1. The van der Waals surface area contributed by atoms with Gasteiger partial charge in [0.1, 0.15) is 0 Å². The SMILES string of the molecule is C=C/C=C(\C=C)N(c1ccc(-c2ccccc2)cc1)c1ccc2ccc(Br)cc2c1. The zero-order valence-corrected chi connectivity index (χ0v) is 18.2. The minimum Gasteiger partial charge on any atom is -0.311 e. The minimum absolute atomic E-state index is 0.965. The molecule has 0 radical (unpaired) electrons. The average Bonchev–Trinajstić information content (AvgIpc) is 2.79. The Bertz CT molecular complexity index is 1220. The number of anilines is 2. The van der Waals surface area contributed by atoms with E-state index in [1.54, 1.807) is 6.08 Å². The molecule has 0 heterocycles. The molecule has 2 heteroatoms. The van der Waals surface area contributed by atoms with Crippen LogP contribution in [0.5, 0.6) is 0 Å². The lowest BCUT2D eigenvalue weighted by atomic mass is 10.0. The Labute approximate surface area is 186 Å². The van der Waals surface area contributed by atoms with Crippen molar-refractivity contribution in [3.8, 4) is 11.1 Å². The third kappa shape index (κ3) is 4.14. The number of nitrogens with zero attached hydrogens (tertiary/aromatic N) is 1. The summed E-state index contributed by atoms with van der Waals surface area (Å²) in [4.78, 5) is 2.20. The highest BCUT2D eigenvalue weighted by molar-refractivity contribution is 9.10. The molecule has 0 aliphatic heterocycles. The molecule has 146 valence electrons. The molecule has 0 saturated carbocycles. The molecule has 0 aliphatic rings. The second kappa shape index (κ2) is 8.98. The van der Waals surface area contributed by atoms with Gasteiger partial charge in [0.2, 0.25) is 0 Å². The number of benzene rings is 4. The van der Waals surface area contributed by atoms with Crippen LogP contribution < -0.4 is 4.90 Å².